The molecule has 1 rings (SSSR count). The molecule has 0 radical (unpaired) electrons. The molecule has 3 N–H and O–H groups in total. The smallest absolute Gasteiger partial charge is 0.407 e. The first-order valence-corrected chi connectivity index (χ1v) is 4.04. The lowest BCUT2D eigenvalue weighted by molar-refractivity contribution is 0.144. The molecule has 0 bridgehead atoms. The monoisotopic (exact) mass is 170 g/mol. The van der Waals surface area contributed by atoms with Gasteiger partial charge >= 0.3 is 6.09 Å². The van der Waals surface area contributed by atoms with Gasteiger partial charge in [-0.2, -0.15) is 0 Å². The van der Waals surface area contributed by atoms with E-state index in [0.717, 1.165) is 12.8 Å². The number of alkyl carbamates (subject to hydrolysis) is 1. The molecule has 0 aliphatic heterocycles. The maximum absolute atomic E-state index is 10.9. The zero-order valence-corrected chi connectivity index (χ0v) is 6.95. The molecule has 0 aromatic heterocycles. The SMILES string of the molecule is C=CCOC(=O)N[C@@H]1CC[C@@H]1N. The fourth-order valence-corrected chi connectivity index (χ4v) is 1.03. The van der Waals surface area contributed by atoms with Crippen molar-refractivity contribution in [1.82, 2.24) is 5.32 Å². The lowest BCUT2D eigenvalue weighted by atomic mass is 9.87. The summed E-state index contributed by atoms with van der Waals surface area (Å²) in [7, 11) is 0. The molecule has 0 heterocycles. The first-order chi connectivity index (χ1) is 5.74. The van der Waals surface area contributed by atoms with Gasteiger partial charge in [-0.05, 0) is 12.8 Å². The van der Waals surface area contributed by atoms with Crippen LogP contribution in [0.4, 0.5) is 4.79 Å². The Morgan fingerprint density at radius 3 is 2.92 bits per heavy atom. The summed E-state index contributed by atoms with van der Waals surface area (Å²) in [5, 5.41) is 2.67. The summed E-state index contributed by atoms with van der Waals surface area (Å²) in [6.45, 7) is 3.68. The van der Waals surface area contributed by atoms with E-state index < -0.39 is 6.09 Å². The second-order valence-corrected chi connectivity index (χ2v) is 2.88. The zero-order valence-electron chi connectivity index (χ0n) is 6.95. The highest BCUT2D eigenvalue weighted by Gasteiger charge is 2.28. The van der Waals surface area contributed by atoms with Crippen LogP contribution in [0.2, 0.25) is 0 Å². The molecular weight excluding hydrogens is 156 g/mol. The third kappa shape index (κ3) is 2.23. The Bertz CT molecular complexity index is 182. The van der Waals surface area contributed by atoms with Crippen molar-refractivity contribution in [3.05, 3.63) is 12.7 Å². The number of amides is 1. The highest BCUT2D eigenvalue weighted by molar-refractivity contribution is 5.67. The van der Waals surface area contributed by atoms with Gasteiger partial charge < -0.3 is 15.8 Å². The highest BCUT2D eigenvalue weighted by Crippen LogP contribution is 2.17. The van der Waals surface area contributed by atoms with Crippen LogP contribution < -0.4 is 11.1 Å². The molecule has 1 aliphatic carbocycles. The molecule has 4 heteroatoms. The zero-order chi connectivity index (χ0) is 8.97. The Kier molecular flexibility index (Phi) is 3.10. The van der Waals surface area contributed by atoms with E-state index in [-0.39, 0.29) is 18.7 Å². The van der Waals surface area contributed by atoms with Gasteiger partial charge in [0, 0.05) is 12.1 Å². The van der Waals surface area contributed by atoms with Gasteiger partial charge in [-0.15, -0.1) is 0 Å². The van der Waals surface area contributed by atoms with Crippen molar-refractivity contribution in [2.45, 2.75) is 24.9 Å². The predicted octanol–water partition coefficient (Wildman–Crippen LogP) is 0.388. The van der Waals surface area contributed by atoms with E-state index in [2.05, 4.69) is 11.9 Å². The molecule has 1 fully saturated rings. The molecule has 2 atom stereocenters. The predicted molar refractivity (Wildman–Crippen MR) is 45.7 cm³/mol. The molecule has 4 nitrogen and oxygen atoms in total. The van der Waals surface area contributed by atoms with E-state index in [1.165, 1.54) is 6.08 Å². The molecule has 0 unspecified atom stereocenters. The molecule has 0 saturated heterocycles. The lowest BCUT2D eigenvalue weighted by Gasteiger charge is -2.33. The molecule has 1 amide bonds. The minimum atomic E-state index is -0.407. The van der Waals surface area contributed by atoms with Crippen LogP contribution in [0.1, 0.15) is 12.8 Å². The summed E-state index contributed by atoms with van der Waals surface area (Å²) in [5.74, 6) is 0. The Labute approximate surface area is 71.8 Å². The van der Waals surface area contributed by atoms with Crippen LogP contribution in [0.5, 0.6) is 0 Å². The molecule has 12 heavy (non-hydrogen) atoms. The standard InChI is InChI=1S/C8H14N2O2/c1-2-5-12-8(11)10-7-4-3-6(7)9/h2,6-7H,1,3-5,9H2,(H,10,11)/t6-,7+/m0/s1. The maximum Gasteiger partial charge on any atom is 0.407 e. The van der Waals surface area contributed by atoms with Crippen LogP contribution >= 0.6 is 0 Å². The number of carbonyl (C=O) groups is 1. The van der Waals surface area contributed by atoms with Crippen LogP contribution in [0.3, 0.4) is 0 Å². The highest BCUT2D eigenvalue weighted by atomic mass is 16.5. The number of rotatable bonds is 3. The Morgan fingerprint density at radius 1 is 1.75 bits per heavy atom. The van der Waals surface area contributed by atoms with Crippen LogP contribution in [-0.2, 0) is 4.74 Å². The Hall–Kier alpha value is -1.03. The van der Waals surface area contributed by atoms with Gasteiger partial charge in [-0.1, -0.05) is 12.7 Å². The van der Waals surface area contributed by atoms with E-state index in [9.17, 15) is 4.79 Å². The van der Waals surface area contributed by atoms with E-state index in [1.807, 2.05) is 0 Å². The number of hydrogen-bond acceptors (Lipinski definition) is 3. The van der Waals surface area contributed by atoms with Crippen molar-refractivity contribution in [3.8, 4) is 0 Å². The third-order valence-electron chi connectivity index (χ3n) is 1.96. The molecule has 0 aromatic carbocycles. The average Bonchev–Trinajstić information content (AvgIpc) is 2.08. The second kappa shape index (κ2) is 4.11. The van der Waals surface area contributed by atoms with Crippen LogP contribution in [0.25, 0.3) is 0 Å². The first-order valence-electron chi connectivity index (χ1n) is 4.04. The fraction of sp³-hybridized carbons (Fsp3) is 0.625. The summed E-state index contributed by atoms with van der Waals surface area (Å²) >= 11 is 0. The van der Waals surface area contributed by atoms with E-state index in [4.69, 9.17) is 10.5 Å². The minimum Gasteiger partial charge on any atom is -0.445 e. The van der Waals surface area contributed by atoms with Crippen molar-refractivity contribution in [3.63, 3.8) is 0 Å². The first kappa shape index (κ1) is 9.06. The topological polar surface area (TPSA) is 64.3 Å². The van der Waals surface area contributed by atoms with Crippen LogP contribution in [0, 0.1) is 0 Å². The molecule has 0 spiro atoms. The van der Waals surface area contributed by atoms with Crippen molar-refractivity contribution in [2.75, 3.05) is 6.61 Å². The van der Waals surface area contributed by atoms with E-state index in [0.29, 0.717) is 0 Å². The van der Waals surface area contributed by atoms with Crippen LogP contribution in [-0.4, -0.2) is 24.8 Å². The molecular formula is C8H14N2O2. The van der Waals surface area contributed by atoms with Gasteiger partial charge in [0.15, 0.2) is 0 Å². The number of hydrogen-bond donors (Lipinski definition) is 2. The molecule has 1 aliphatic rings. The minimum absolute atomic E-state index is 0.0984. The second-order valence-electron chi connectivity index (χ2n) is 2.88. The van der Waals surface area contributed by atoms with Gasteiger partial charge in [0.25, 0.3) is 0 Å². The number of carbonyl (C=O) groups excluding carboxylic acids is 1. The molecule has 1 saturated carbocycles. The summed E-state index contributed by atoms with van der Waals surface area (Å²) in [4.78, 5) is 10.9. The van der Waals surface area contributed by atoms with E-state index >= 15 is 0 Å². The number of nitrogens with one attached hydrogen (secondary N) is 1. The Morgan fingerprint density at radius 2 is 2.50 bits per heavy atom. The van der Waals surface area contributed by atoms with Gasteiger partial charge in [0.05, 0.1) is 0 Å². The van der Waals surface area contributed by atoms with Gasteiger partial charge in [0.2, 0.25) is 0 Å². The number of ether oxygens (including phenoxy) is 1. The van der Waals surface area contributed by atoms with E-state index in [1.54, 1.807) is 0 Å². The lowest BCUT2D eigenvalue weighted by Crippen LogP contribution is -2.54. The summed E-state index contributed by atoms with van der Waals surface area (Å²) < 4.78 is 4.72. The number of nitrogens with two attached hydrogens (primary N) is 1. The summed E-state index contributed by atoms with van der Waals surface area (Å²) in [5.41, 5.74) is 5.61. The van der Waals surface area contributed by atoms with Crippen molar-refractivity contribution in [2.24, 2.45) is 5.73 Å². The summed E-state index contributed by atoms with van der Waals surface area (Å²) in [6, 6.07) is 0.198. The van der Waals surface area contributed by atoms with Crippen LogP contribution in [0.15, 0.2) is 12.7 Å². The van der Waals surface area contributed by atoms with Crippen molar-refractivity contribution >= 4 is 6.09 Å². The van der Waals surface area contributed by atoms with Crippen molar-refractivity contribution < 1.29 is 9.53 Å². The van der Waals surface area contributed by atoms with Gasteiger partial charge in [-0.25, -0.2) is 4.79 Å². The quantitative estimate of drug-likeness (QED) is 0.602. The normalized spacial score (nSPS) is 27.1. The van der Waals surface area contributed by atoms with Crippen molar-refractivity contribution in [1.29, 1.82) is 0 Å². The Balaban J connectivity index is 2.13. The largest absolute Gasteiger partial charge is 0.445 e. The average molecular weight is 170 g/mol. The van der Waals surface area contributed by atoms with Gasteiger partial charge in [0.1, 0.15) is 6.61 Å². The van der Waals surface area contributed by atoms with Gasteiger partial charge in [-0.3, -0.25) is 0 Å². The summed E-state index contributed by atoms with van der Waals surface area (Å²) in [6.07, 6.45) is 3.05. The molecule has 68 valence electrons. The molecule has 0 aromatic rings. The fourth-order valence-electron chi connectivity index (χ4n) is 1.03. The third-order valence-corrected chi connectivity index (χ3v) is 1.96. The maximum atomic E-state index is 10.9.